The van der Waals surface area contributed by atoms with E-state index in [1.54, 1.807) is 0 Å². The molecule has 1 aliphatic rings. The molecule has 66 valence electrons. The molecule has 1 fully saturated rings. The minimum absolute atomic E-state index is 0.118. The highest BCUT2D eigenvalue weighted by Gasteiger charge is 2.38. The van der Waals surface area contributed by atoms with E-state index in [9.17, 15) is 0 Å². The smallest absolute Gasteiger partial charge is 0.137 e. The maximum absolute atomic E-state index is 8.65. The molecule has 11 heavy (non-hydrogen) atoms. The van der Waals surface area contributed by atoms with E-state index in [4.69, 9.17) is 14.9 Å². The van der Waals surface area contributed by atoms with Crippen LogP contribution in [0.4, 0.5) is 0 Å². The molecular formula is C7H15NO3. The molecule has 0 aliphatic carbocycles. The molecule has 0 aromatic rings. The minimum Gasteiger partial charge on any atom is -0.395 e. The average Bonchev–Trinajstić information content (AvgIpc) is 2.67. The maximum atomic E-state index is 8.65. The summed E-state index contributed by atoms with van der Waals surface area (Å²) in [6, 6.07) is 0. The molecule has 1 rings (SSSR count). The van der Waals surface area contributed by atoms with Crippen LogP contribution in [0.2, 0.25) is 0 Å². The van der Waals surface area contributed by atoms with Crippen LogP contribution >= 0.6 is 0 Å². The molecule has 1 aliphatic heterocycles. The second-order valence-corrected chi connectivity index (χ2v) is 2.71. The Morgan fingerprint density at radius 1 is 1.27 bits per heavy atom. The number of hydrogen-bond acceptors (Lipinski definition) is 4. The van der Waals surface area contributed by atoms with Crippen LogP contribution in [0.5, 0.6) is 0 Å². The van der Waals surface area contributed by atoms with E-state index in [2.05, 4.69) is 0 Å². The first-order chi connectivity index (χ1) is 5.29. The van der Waals surface area contributed by atoms with Gasteiger partial charge < -0.3 is 14.9 Å². The van der Waals surface area contributed by atoms with Crippen molar-refractivity contribution in [2.24, 2.45) is 0 Å². The first kappa shape index (κ1) is 8.93. The van der Waals surface area contributed by atoms with Crippen molar-refractivity contribution >= 4 is 0 Å². The Labute approximate surface area is 66.4 Å². The van der Waals surface area contributed by atoms with Gasteiger partial charge in [0.1, 0.15) is 6.23 Å². The Balaban J connectivity index is 2.22. The number of nitrogens with zero attached hydrogens (tertiary/aromatic N) is 1. The lowest BCUT2D eigenvalue weighted by molar-refractivity contribution is 0.115. The summed E-state index contributed by atoms with van der Waals surface area (Å²) in [6.45, 7) is 3.37. The molecule has 1 heterocycles. The molecular weight excluding hydrogens is 146 g/mol. The molecule has 0 radical (unpaired) electrons. The average molecular weight is 161 g/mol. The van der Waals surface area contributed by atoms with Gasteiger partial charge >= 0.3 is 0 Å². The van der Waals surface area contributed by atoms with Gasteiger partial charge in [-0.05, 0) is 6.92 Å². The molecule has 2 unspecified atom stereocenters. The zero-order valence-corrected chi connectivity index (χ0v) is 6.73. The summed E-state index contributed by atoms with van der Waals surface area (Å²) in [7, 11) is 0. The molecule has 2 N–H and O–H groups in total. The normalized spacial score (nSPS) is 29.5. The fraction of sp³-hybridized carbons (Fsp3) is 1.00. The Kier molecular flexibility index (Phi) is 3.26. The second-order valence-electron chi connectivity index (χ2n) is 2.71. The predicted molar refractivity (Wildman–Crippen MR) is 40.1 cm³/mol. The van der Waals surface area contributed by atoms with E-state index in [-0.39, 0.29) is 25.5 Å². The van der Waals surface area contributed by atoms with E-state index in [1.165, 1.54) is 0 Å². The lowest BCUT2D eigenvalue weighted by Gasteiger charge is -2.16. The van der Waals surface area contributed by atoms with Gasteiger partial charge in [-0.2, -0.15) is 0 Å². The minimum atomic E-state index is 0.118. The lowest BCUT2D eigenvalue weighted by atomic mass is 10.4. The van der Waals surface area contributed by atoms with Gasteiger partial charge in [-0.3, -0.25) is 4.90 Å². The van der Waals surface area contributed by atoms with E-state index in [1.807, 2.05) is 11.8 Å². The van der Waals surface area contributed by atoms with Crippen molar-refractivity contribution in [1.29, 1.82) is 0 Å². The highest BCUT2D eigenvalue weighted by atomic mass is 16.6. The molecule has 0 spiro atoms. The van der Waals surface area contributed by atoms with E-state index in [0.29, 0.717) is 13.1 Å². The highest BCUT2D eigenvalue weighted by molar-refractivity contribution is 4.80. The van der Waals surface area contributed by atoms with Crippen molar-refractivity contribution < 1.29 is 14.9 Å². The summed E-state index contributed by atoms with van der Waals surface area (Å²) in [4.78, 5) is 1.94. The predicted octanol–water partition coefficient (Wildman–Crippen LogP) is -0.982. The lowest BCUT2D eigenvalue weighted by Crippen LogP contribution is -2.33. The fourth-order valence-corrected chi connectivity index (χ4v) is 1.18. The van der Waals surface area contributed by atoms with E-state index in [0.717, 1.165) is 0 Å². The summed E-state index contributed by atoms with van der Waals surface area (Å²) in [5, 5.41) is 17.3. The zero-order valence-electron chi connectivity index (χ0n) is 6.73. The summed E-state index contributed by atoms with van der Waals surface area (Å²) in [5.41, 5.74) is 0. The molecule has 2 atom stereocenters. The Morgan fingerprint density at radius 3 is 2.00 bits per heavy atom. The van der Waals surface area contributed by atoms with Gasteiger partial charge in [0.15, 0.2) is 0 Å². The van der Waals surface area contributed by atoms with Crippen LogP contribution in [0.1, 0.15) is 6.92 Å². The molecule has 1 saturated heterocycles. The molecule has 0 bridgehead atoms. The monoisotopic (exact) mass is 161 g/mol. The molecule has 0 saturated carbocycles. The number of rotatable bonds is 5. The first-order valence-electron chi connectivity index (χ1n) is 3.91. The first-order valence-corrected chi connectivity index (χ1v) is 3.91. The zero-order chi connectivity index (χ0) is 8.27. The van der Waals surface area contributed by atoms with Crippen molar-refractivity contribution in [3.8, 4) is 0 Å². The Hall–Kier alpha value is -0.160. The molecule has 0 amide bonds. The largest absolute Gasteiger partial charge is 0.395 e. The van der Waals surface area contributed by atoms with Gasteiger partial charge in [0.25, 0.3) is 0 Å². The maximum Gasteiger partial charge on any atom is 0.137 e. The van der Waals surface area contributed by atoms with Crippen molar-refractivity contribution in [3.63, 3.8) is 0 Å². The van der Waals surface area contributed by atoms with Crippen molar-refractivity contribution in [3.05, 3.63) is 0 Å². The quantitative estimate of drug-likeness (QED) is 0.509. The van der Waals surface area contributed by atoms with Gasteiger partial charge in [0.2, 0.25) is 0 Å². The number of hydrogen-bond donors (Lipinski definition) is 2. The number of aliphatic hydroxyl groups excluding tert-OH is 2. The third kappa shape index (κ3) is 2.41. The van der Waals surface area contributed by atoms with Crippen LogP contribution in [0.15, 0.2) is 0 Å². The van der Waals surface area contributed by atoms with E-state index < -0.39 is 0 Å². The number of ether oxygens (including phenoxy) is 1. The highest BCUT2D eigenvalue weighted by Crippen LogP contribution is 2.24. The molecule has 0 aromatic carbocycles. The molecule has 0 aromatic heterocycles. The fourth-order valence-electron chi connectivity index (χ4n) is 1.18. The third-order valence-electron chi connectivity index (χ3n) is 1.81. The van der Waals surface area contributed by atoms with Gasteiger partial charge in [-0.1, -0.05) is 0 Å². The van der Waals surface area contributed by atoms with E-state index >= 15 is 0 Å². The standard InChI is InChI=1S/C7H15NO3/c1-6-7(11-6)8(2-4-9)3-5-10/h6-7,9-10H,2-5H2,1H3. The van der Waals surface area contributed by atoms with Crippen molar-refractivity contribution in [1.82, 2.24) is 4.90 Å². The van der Waals surface area contributed by atoms with Gasteiger partial charge in [0, 0.05) is 13.1 Å². The summed E-state index contributed by atoms with van der Waals surface area (Å²) in [6.07, 6.45) is 0.377. The van der Waals surface area contributed by atoms with Crippen molar-refractivity contribution in [2.75, 3.05) is 26.3 Å². The second kappa shape index (κ2) is 4.01. The number of aliphatic hydroxyl groups is 2. The van der Waals surface area contributed by atoms with Crippen LogP contribution in [-0.4, -0.2) is 53.7 Å². The molecule has 4 nitrogen and oxygen atoms in total. The van der Waals surface area contributed by atoms with Gasteiger partial charge in [-0.25, -0.2) is 0 Å². The van der Waals surface area contributed by atoms with Crippen LogP contribution in [0.25, 0.3) is 0 Å². The Morgan fingerprint density at radius 2 is 1.73 bits per heavy atom. The van der Waals surface area contributed by atoms with Crippen LogP contribution in [0.3, 0.4) is 0 Å². The third-order valence-corrected chi connectivity index (χ3v) is 1.81. The molecule has 4 heteroatoms. The summed E-state index contributed by atoms with van der Waals surface area (Å²) in [5.74, 6) is 0. The van der Waals surface area contributed by atoms with Crippen LogP contribution in [0, 0.1) is 0 Å². The van der Waals surface area contributed by atoms with Gasteiger partial charge in [0.05, 0.1) is 19.3 Å². The van der Waals surface area contributed by atoms with Gasteiger partial charge in [-0.15, -0.1) is 0 Å². The topological polar surface area (TPSA) is 56.2 Å². The van der Waals surface area contributed by atoms with Crippen LogP contribution < -0.4 is 0 Å². The number of epoxide rings is 1. The summed E-state index contributed by atoms with van der Waals surface area (Å²) < 4.78 is 5.19. The Bertz CT molecular complexity index is 114. The SMILES string of the molecule is CC1OC1N(CCO)CCO. The summed E-state index contributed by atoms with van der Waals surface area (Å²) >= 11 is 0. The van der Waals surface area contributed by atoms with Crippen molar-refractivity contribution in [2.45, 2.75) is 19.3 Å². The van der Waals surface area contributed by atoms with Crippen LogP contribution in [-0.2, 0) is 4.74 Å².